The number of nitrogens with zero attached hydrogens (tertiary/aromatic N) is 1. The van der Waals surface area contributed by atoms with Crippen molar-refractivity contribution in [1.29, 1.82) is 0 Å². The number of amides is 1. The molecule has 0 radical (unpaired) electrons. The first-order valence-electron chi connectivity index (χ1n) is 7.34. The number of thioether (sulfide) groups is 1. The van der Waals surface area contributed by atoms with Gasteiger partial charge in [-0.2, -0.15) is 0 Å². The molecule has 2 heterocycles. The molecule has 21 heavy (non-hydrogen) atoms. The van der Waals surface area contributed by atoms with Gasteiger partial charge in [-0.3, -0.25) is 10.1 Å². The number of rotatable bonds is 2. The molecule has 7 heteroatoms. The summed E-state index contributed by atoms with van der Waals surface area (Å²) in [4.78, 5) is 24.7. The molecule has 2 rings (SSSR count). The Labute approximate surface area is 129 Å². The third-order valence-electron chi connectivity index (χ3n) is 3.73. The summed E-state index contributed by atoms with van der Waals surface area (Å²) in [5.41, 5.74) is -0.467. The van der Waals surface area contributed by atoms with Gasteiger partial charge in [0.2, 0.25) is 0 Å². The van der Waals surface area contributed by atoms with Gasteiger partial charge in [-0.05, 0) is 39.5 Å². The highest BCUT2D eigenvalue weighted by Crippen LogP contribution is 2.32. The van der Waals surface area contributed by atoms with Crippen LogP contribution < -0.4 is 5.32 Å². The molecule has 1 unspecified atom stereocenters. The van der Waals surface area contributed by atoms with Crippen molar-refractivity contribution >= 4 is 23.8 Å². The van der Waals surface area contributed by atoms with Crippen LogP contribution in [0.1, 0.15) is 33.6 Å². The van der Waals surface area contributed by atoms with Gasteiger partial charge in [0, 0.05) is 18.8 Å². The highest BCUT2D eigenvalue weighted by Gasteiger charge is 2.36. The summed E-state index contributed by atoms with van der Waals surface area (Å²) in [5.74, 6) is 0.251. The molecular formula is C14H24N2O4S. The molecule has 0 aromatic carbocycles. The van der Waals surface area contributed by atoms with Crippen molar-refractivity contribution in [2.24, 2.45) is 5.92 Å². The number of hydrogen-bond acceptors (Lipinski definition) is 5. The highest BCUT2D eigenvalue weighted by molar-refractivity contribution is 8.00. The fraction of sp³-hybridized carbons (Fsp3) is 0.857. The molecule has 0 saturated carbocycles. The standard InChI is InChI=1S/C14H24N2O4S/c1-14(2,3)20-13(19)16-6-4-9(5-7-16)11-15-10(8-21-11)12(17)18/h9-11,15H,4-8H2,1-3H3,(H,17,18)/t10?,11-/m1/s1. The predicted octanol–water partition coefficient (Wildman–Crippen LogP) is 1.75. The van der Waals surface area contributed by atoms with E-state index in [4.69, 9.17) is 9.84 Å². The van der Waals surface area contributed by atoms with Crippen molar-refractivity contribution in [1.82, 2.24) is 10.2 Å². The fourth-order valence-corrected chi connectivity index (χ4v) is 4.06. The minimum Gasteiger partial charge on any atom is -0.480 e. The van der Waals surface area contributed by atoms with E-state index in [0.717, 1.165) is 12.8 Å². The summed E-state index contributed by atoms with van der Waals surface area (Å²) in [6, 6.07) is -0.441. The molecule has 120 valence electrons. The maximum absolute atomic E-state index is 12.0. The van der Waals surface area contributed by atoms with Crippen molar-refractivity contribution in [3.05, 3.63) is 0 Å². The van der Waals surface area contributed by atoms with E-state index in [1.807, 2.05) is 20.8 Å². The average Bonchev–Trinajstić information content (AvgIpc) is 2.86. The van der Waals surface area contributed by atoms with Crippen LogP contribution in [0.4, 0.5) is 4.79 Å². The Hall–Kier alpha value is -0.950. The first kappa shape index (κ1) is 16.4. The minimum absolute atomic E-state index is 0.187. The van der Waals surface area contributed by atoms with Crippen molar-refractivity contribution in [3.63, 3.8) is 0 Å². The lowest BCUT2D eigenvalue weighted by atomic mass is 9.96. The first-order chi connectivity index (χ1) is 9.76. The molecule has 2 fully saturated rings. The summed E-state index contributed by atoms with van der Waals surface area (Å²) in [5, 5.41) is 12.4. The summed E-state index contributed by atoms with van der Waals surface area (Å²) >= 11 is 1.68. The molecule has 0 aliphatic carbocycles. The number of hydrogen-bond donors (Lipinski definition) is 2. The van der Waals surface area contributed by atoms with Gasteiger partial charge in [-0.1, -0.05) is 0 Å². The number of ether oxygens (including phenoxy) is 1. The zero-order valence-corrected chi connectivity index (χ0v) is 13.6. The third kappa shape index (κ3) is 4.51. The van der Waals surface area contributed by atoms with Crippen molar-refractivity contribution in [2.75, 3.05) is 18.8 Å². The summed E-state index contributed by atoms with van der Waals surface area (Å²) in [6.07, 6.45) is 1.52. The number of carbonyl (C=O) groups excluding carboxylic acids is 1. The lowest BCUT2D eigenvalue weighted by Crippen LogP contribution is -2.46. The van der Waals surface area contributed by atoms with E-state index >= 15 is 0 Å². The minimum atomic E-state index is -0.781. The Balaban J connectivity index is 1.79. The Morgan fingerprint density at radius 1 is 1.29 bits per heavy atom. The quantitative estimate of drug-likeness (QED) is 0.808. The van der Waals surface area contributed by atoms with Gasteiger partial charge < -0.3 is 14.7 Å². The summed E-state index contributed by atoms with van der Waals surface area (Å²) < 4.78 is 5.37. The van der Waals surface area contributed by atoms with E-state index in [2.05, 4.69) is 5.32 Å². The number of nitrogens with one attached hydrogen (secondary N) is 1. The van der Waals surface area contributed by atoms with Crippen LogP contribution in [-0.2, 0) is 9.53 Å². The van der Waals surface area contributed by atoms with Crippen LogP contribution in [-0.4, -0.2) is 57.9 Å². The summed E-state index contributed by atoms with van der Waals surface area (Å²) in [7, 11) is 0. The van der Waals surface area contributed by atoms with Crippen LogP contribution in [0.5, 0.6) is 0 Å². The lowest BCUT2D eigenvalue weighted by Gasteiger charge is -2.35. The van der Waals surface area contributed by atoms with Gasteiger partial charge in [0.15, 0.2) is 0 Å². The molecule has 0 spiro atoms. The molecule has 2 N–H and O–H groups in total. The topological polar surface area (TPSA) is 78.9 Å². The third-order valence-corrected chi connectivity index (χ3v) is 5.13. The molecule has 2 aliphatic rings. The van der Waals surface area contributed by atoms with E-state index in [1.54, 1.807) is 16.7 Å². The molecular weight excluding hydrogens is 292 g/mol. The van der Waals surface area contributed by atoms with Gasteiger partial charge in [0.1, 0.15) is 11.6 Å². The van der Waals surface area contributed by atoms with Gasteiger partial charge in [-0.15, -0.1) is 11.8 Å². The van der Waals surface area contributed by atoms with Crippen LogP contribution in [0.25, 0.3) is 0 Å². The zero-order valence-electron chi connectivity index (χ0n) is 12.8. The number of aliphatic carboxylic acids is 1. The van der Waals surface area contributed by atoms with E-state index in [9.17, 15) is 9.59 Å². The number of piperidine rings is 1. The molecule has 2 aliphatic heterocycles. The molecule has 0 aromatic rings. The second-order valence-corrected chi connectivity index (χ2v) is 7.79. The van der Waals surface area contributed by atoms with Crippen LogP contribution >= 0.6 is 11.8 Å². The summed E-state index contributed by atoms with van der Waals surface area (Å²) in [6.45, 7) is 6.94. The Kier molecular flexibility index (Phi) is 5.03. The van der Waals surface area contributed by atoms with Gasteiger partial charge in [0.05, 0.1) is 5.37 Å². The second-order valence-electron chi connectivity index (χ2n) is 6.62. The molecule has 1 amide bonds. The number of carboxylic acids is 1. The molecule has 6 nitrogen and oxygen atoms in total. The monoisotopic (exact) mass is 316 g/mol. The lowest BCUT2D eigenvalue weighted by molar-refractivity contribution is -0.138. The smallest absolute Gasteiger partial charge is 0.410 e. The van der Waals surface area contributed by atoms with Crippen LogP contribution in [0.3, 0.4) is 0 Å². The number of likely N-dealkylation sites (tertiary alicyclic amines) is 1. The number of carboxylic acid groups (broad SMARTS) is 1. The largest absolute Gasteiger partial charge is 0.480 e. The SMILES string of the molecule is CC(C)(C)OC(=O)N1CCC([C@@H]2NC(C(=O)O)CS2)CC1. The molecule has 0 aromatic heterocycles. The first-order valence-corrected chi connectivity index (χ1v) is 8.39. The van der Waals surface area contributed by atoms with Gasteiger partial charge in [0.25, 0.3) is 0 Å². The van der Waals surface area contributed by atoms with E-state index < -0.39 is 17.6 Å². The van der Waals surface area contributed by atoms with Crippen LogP contribution in [0.15, 0.2) is 0 Å². The Morgan fingerprint density at radius 2 is 1.90 bits per heavy atom. The second kappa shape index (κ2) is 6.44. The molecule has 2 saturated heterocycles. The van der Waals surface area contributed by atoms with Gasteiger partial charge >= 0.3 is 12.1 Å². The highest BCUT2D eigenvalue weighted by atomic mass is 32.2. The Morgan fingerprint density at radius 3 is 2.38 bits per heavy atom. The van der Waals surface area contributed by atoms with Crippen LogP contribution in [0, 0.1) is 5.92 Å². The van der Waals surface area contributed by atoms with E-state index in [0.29, 0.717) is 24.8 Å². The van der Waals surface area contributed by atoms with E-state index in [1.165, 1.54) is 0 Å². The van der Waals surface area contributed by atoms with Gasteiger partial charge in [-0.25, -0.2) is 4.79 Å². The number of carbonyl (C=O) groups is 2. The van der Waals surface area contributed by atoms with Crippen molar-refractivity contribution < 1.29 is 19.4 Å². The normalized spacial score (nSPS) is 27.7. The van der Waals surface area contributed by atoms with Crippen LogP contribution in [0.2, 0.25) is 0 Å². The molecule has 0 bridgehead atoms. The zero-order chi connectivity index (χ0) is 15.6. The van der Waals surface area contributed by atoms with Crippen molar-refractivity contribution in [3.8, 4) is 0 Å². The molecule has 2 atom stereocenters. The van der Waals surface area contributed by atoms with Crippen molar-refractivity contribution in [2.45, 2.75) is 50.6 Å². The predicted molar refractivity (Wildman–Crippen MR) is 81.3 cm³/mol. The maximum atomic E-state index is 12.0. The Bertz CT molecular complexity index is 402. The average molecular weight is 316 g/mol. The maximum Gasteiger partial charge on any atom is 0.410 e. The fourth-order valence-electron chi connectivity index (χ4n) is 2.62. The van der Waals surface area contributed by atoms with E-state index in [-0.39, 0.29) is 11.5 Å².